The Morgan fingerprint density at radius 1 is 1.00 bits per heavy atom. The third-order valence-corrected chi connectivity index (χ3v) is 5.22. The van der Waals surface area contributed by atoms with Crippen molar-refractivity contribution in [3.63, 3.8) is 0 Å². The Kier molecular flexibility index (Phi) is 6.15. The van der Waals surface area contributed by atoms with Crippen LogP contribution in [0.3, 0.4) is 0 Å². The van der Waals surface area contributed by atoms with Gasteiger partial charge >= 0.3 is 0 Å². The average Bonchev–Trinajstić information content (AvgIpc) is 2.29. The van der Waals surface area contributed by atoms with Gasteiger partial charge in [-0.1, -0.05) is 52.8 Å². The first-order valence-corrected chi connectivity index (χ1v) is 8.64. The molecule has 18 heavy (non-hydrogen) atoms. The van der Waals surface area contributed by atoms with Crippen LogP contribution in [0.2, 0.25) is 0 Å². The lowest BCUT2D eigenvalue weighted by atomic mass is 9.86. The zero-order valence-corrected chi connectivity index (χ0v) is 13.4. The Balaban J connectivity index is 2.88. The molecule has 0 aliphatic heterocycles. The van der Waals surface area contributed by atoms with Gasteiger partial charge in [0.2, 0.25) is 0 Å². The van der Waals surface area contributed by atoms with Crippen LogP contribution in [0.15, 0.2) is 24.3 Å². The van der Waals surface area contributed by atoms with E-state index in [0.717, 1.165) is 5.75 Å². The maximum atomic E-state index is 6.32. The Morgan fingerprint density at radius 2 is 1.56 bits per heavy atom. The van der Waals surface area contributed by atoms with E-state index in [2.05, 4.69) is 58.9 Å². The zero-order valence-electron chi connectivity index (χ0n) is 12.5. The highest BCUT2D eigenvalue weighted by Gasteiger charge is 2.20. The Morgan fingerprint density at radius 3 is 2.06 bits per heavy atom. The number of para-hydroxylation sites is 1. The van der Waals surface area contributed by atoms with E-state index in [0.29, 0.717) is 0 Å². The molecule has 0 atom stereocenters. The van der Waals surface area contributed by atoms with Crippen LogP contribution in [0.25, 0.3) is 0 Å². The first-order valence-electron chi connectivity index (χ1n) is 7.01. The Labute approximate surface area is 114 Å². The van der Waals surface area contributed by atoms with Crippen LogP contribution in [0, 0.1) is 0 Å². The molecule has 0 saturated carbocycles. The number of benzene rings is 1. The third kappa shape index (κ3) is 4.61. The SMILES string of the molecule is CCCP(CCC)Oc1ccccc1C(C)(C)C. The summed E-state index contributed by atoms with van der Waals surface area (Å²) < 4.78 is 6.32. The van der Waals surface area contributed by atoms with Crippen LogP contribution < -0.4 is 4.52 Å². The summed E-state index contributed by atoms with van der Waals surface area (Å²) in [5.74, 6) is 1.10. The van der Waals surface area contributed by atoms with Crippen LogP contribution in [0.4, 0.5) is 0 Å². The van der Waals surface area contributed by atoms with E-state index in [4.69, 9.17) is 4.52 Å². The molecule has 0 radical (unpaired) electrons. The molecule has 0 saturated heterocycles. The smallest absolute Gasteiger partial charge is 0.127 e. The van der Waals surface area contributed by atoms with E-state index in [1.54, 1.807) is 0 Å². The average molecular weight is 266 g/mol. The van der Waals surface area contributed by atoms with Crippen molar-refractivity contribution in [1.82, 2.24) is 0 Å². The topological polar surface area (TPSA) is 9.23 Å². The summed E-state index contributed by atoms with van der Waals surface area (Å²) in [5, 5.41) is 0. The fourth-order valence-corrected chi connectivity index (χ4v) is 3.85. The van der Waals surface area contributed by atoms with Crippen molar-refractivity contribution in [3.05, 3.63) is 29.8 Å². The van der Waals surface area contributed by atoms with E-state index in [-0.39, 0.29) is 13.6 Å². The van der Waals surface area contributed by atoms with Crippen LogP contribution in [-0.2, 0) is 5.41 Å². The molecule has 0 bridgehead atoms. The van der Waals surface area contributed by atoms with E-state index in [9.17, 15) is 0 Å². The molecular weight excluding hydrogens is 239 g/mol. The van der Waals surface area contributed by atoms with Crippen LogP contribution in [0.5, 0.6) is 5.75 Å². The summed E-state index contributed by atoms with van der Waals surface area (Å²) in [6.45, 7) is 11.2. The summed E-state index contributed by atoms with van der Waals surface area (Å²) in [6.07, 6.45) is 4.84. The molecule has 102 valence electrons. The molecule has 0 fully saturated rings. The molecule has 1 nitrogen and oxygen atoms in total. The monoisotopic (exact) mass is 266 g/mol. The molecule has 2 heteroatoms. The minimum atomic E-state index is -0.301. The lowest BCUT2D eigenvalue weighted by Crippen LogP contribution is -2.12. The summed E-state index contributed by atoms with van der Waals surface area (Å²) in [6, 6.07) is 8.51. The largest absolute Gasteiger partial charge is 0.474 e. The van der Waals surface area contributed by atoms with Crippen molar-refractivity contribution in [1.29, 1.82) is 0 Å². The van der Waals surface area contributed by atoms with Gasteiger partial charge in [0, 0.05) is 12.3 Å². The molecule has 0 unspecified atom stereocenters. The van der Waals surface area contributed by atoms with Crippen molar-refractivity contribution in [2.75, 3.05) is 12.3 Å². The minimum Gasteiger partial charge on any atom is -0.474 e. The predicted octanol–water partition coefficient (Wildman–Crippen LogP) is 5.58. The molecule has 1 aromatic rings. The van der Waals surface area contributed by atoms with Gasteiger partial charge in [-0.2, -0.15) is 0 Å². The van der Waals surface area contributed by atoms with Gasteiger partial charge in [-0.25, -0.2) is 0 Å². The third-order valence-electron chi connectivity index (χ3n) is 2.87. The highest BCUT2D eigenvalue weighted by atomic mass is 31.1. The van der Waals surface area contributed by atoms with Gasteiger partial charge in [0.1, 0.15) is 5.75 Å². The van der Waals surface area contributed by atoms with E-state index in [1.165, 1.54) is 30.7 Å². The fraction of sp³-hybridized carbons (Fsp3) is 0.625. The second-order valence-electron chi connectivity index (χ2n) is 5.77. The van der Waals surface area contributed by atoms with Gasteiger partial charge < -0.3 is 4.52 Å². The van der Waals surface area contributed by atoms with Crippen LogP contribution in [0.1, 0.15) is 53.0 Å². The lowest BCUT2D eigenvalue weighted by Gasteiger charge is -2.25. The van der Waals surface area contributed by atoms with Crippen LogP contribution in [-0.4, -0.2) is 12.3 Å². The molecule has 0 aliphatic carbocycles. The predicted molar refractivity (Wildman–Crippen MR) is 83.0 cm³/mol. The molecule has 0 spiro atoms. The first-order chi connectivity index (χ1) is 8.49. The van der Waals surface area contributed by atoms with E-state index < -0.39 is 0 Å². The minimum absolute atomic E-state index is 0.149. The van der Waals surface area contributed by atoms with Crippen molar-refractivity contribution in [2.24, 2.45) is 0 Å². The van der Waals surface area contributed by atoms with Gasteiger partial charge in [0.25, 0.3) is 0 Å². The highest BCUT2D eigenvalue weighted by molar-refractivity contribution is 7.52. The molecular formula is C16H27OP. The number of rotatable bonds is 6. The summed E-state index contributed by atoms with van der Waals surface area (Å²) in [4.78, 5) is 0. The van der Waals surface area contributed by atoms with Crippen molar-refractivity contribution in [2.45, 2.75) is 52.9 Å². The Bertz CT molecular complexity index is 348. The molecule has 0 heterocycles. The Hall–Kier alpha value is -0.550. The van der Waals surface area contributed by atoms with Crippen molar-refractivity contribution < 1.29 is 4.52 Å². The highest BCUT2D eigenvalue weighted by Crippen LogP contribution is 2.43. The normalized spacial score (nSPS) is 11.9. The molecule has 0 aliphatic rings. The van der Waals surface area contributed by atoms with Crippen molar-refractivity contribution in [3.8, 4) is 5.75 Å². The fourth-order valence-electron chi connectivity index (χ4n) is 2.01. The zero-order chi connectivity index (χ0) is 13.6. The summed E-state index contributed by atoms with van der Waals surface area (Å²) >= 11 is 0. The second-order valence-corrected chi connectivity index (χ2v) is 7.81. The maximum Gasteiger partial charge on any atom is 0.127 e. The number of hydrogen-bond acceptors (Lipinski definition) is 1. The van der Waals surface area contributed by atoms with Gasteiger partial charge in [0.15, 0.2) is 0 Å². The molecule has 0 N–H and O–H groups in total. The maximum absolute atomic E-state index is 6.32. The lowest BCUT2D eigenvalue weighted by molar-refractivity contribution is 0.534. The van der Waals surface area contributed by atoms with Crippen LogP contribution >= 0.6 is 8.15 Å². The van der Waals surface area contributed by atoms with E-state index in [1.807, 2.05) is 0 Å². The molecule has 1 rings (SSSR count). The van der Waals surface area contributed by atoms with E-state index >= 15 is 0 Å². The number of hydrogen-bond donors (Lipinski definition) is 0. The summed E-state index contributed by atoms with van der Waals surface area (Å²) in [7, 11) is -0.301. The molecule has 1 aromatic carbocycles. The van der Waals surface area contributed by atoms with Crippen molar-refractivity contribution >= 4 is 8.15 Å². The van der Waals surface area contributed by atoms with Gasteiger partial charge in [-0.05, 0) is 29.9 Å². The van der Waals surface area contributed by atoms with Gasteiger partial charge in [-0.15, -0.1) is 0 Å². The molecule has 0 aromatic heterocycles. The quantitative estimate of drug-likeness (QED) is 0.611. The summed E-state index contributed by atoms with van der Waals surface area (Å²) in [5.41, 5.74) is 1.47. The van der Waals surface area contributed by atoms with Gasteiger partial charge in [0.05, 0.1) is 8.15 Å². The second kappa shape index (κ2) is 7.14. The van der Waals surface area contributed by atoms with Gasteiger partial charge in [-0.3, -0.25) is 0 Å². The standard InChI is InChI=1S/C16H27OP/c1-6-12-18(13-7-2)17-15-11-9-8-10-14(15)16(3,4)5/h8-11H,6-7,12-13H2,1-5H3. The first kappa shape index (κ1) is 15.5. The molecule has 0 amide bonds.